The SMILES string of the molecule is CC(C)C(O)C(C)(C)CNC(=O)c1cc(OCC(F)F)ccn1. The monoisotopic (exact) mass is 330 g/mol. The molecule has 0 spiro atoms. The van der Waals surface area contributed by atoms with Crippen LogP contribution in [0.15, 0.2) is 18.3 Å². The molecule has 0 aromatic carbocycles. The van der Waals surface area contributed by atoms with Gasteiger partial charge in [0.1, 0.15) is 18.1 Å². The Hall–Kier alpha value is -1.76. The molecule has 0 fully saturated rings. The first-order valence-electron chi connectivity index (χ1n) is 7.46. The summed E-state index contributed by atoms with van der Waals surface area (Å²) in [6.07, 6.45) is -1.83. The first-order valence-corrected chi connectivity index (χ1v) is 7.46. The van der Waals surface area contributed by atoms with E-state index in [0.717, 1.165) is 0 Å². The Morgan fingerprint density at radius 3 is 2.65 bits per heavy atom. The van der Waals surface area contributed by atoms with Crippen LogP contribution in [-0.4, -0.2) is 41.7 Å². The van der Waals surface area contributed by atoms with Crippen molar-refractivity contribution < 1.29 is 23.4 Å². The minimum atomic E-state index is -2.58. The van der Waals surface area contributed by atoms with E-state index in [-0.39, 0.29) is 23.9 Å². The lowest BCUT2D eigenvalue weighted by molar-refractivity contribution is 0.0138. The average Bonchev–Trinajstić information content (AvgIpc) is 2.50. The highest BCUT2D eigenvalue weighted by atomic mass is 19.3. The number of ether oxygens (including phenoxy) is 1. The number of hydrogen-bond donors (Lipinski definition) is 2. The van der Waals surface area contributed by atoms with Gasteiger partial charge in [0.15, 0.2) is 0 Å². The molecule has 1 atom stereocenters. The topological polar surface area (TPSA) is 71.5 Å². The maximum atomic E-state index is 12.1. The van der Waals surface area contributed by atoms with Crippen LogP contribution < -0.4 is 10.1 Å². The highest BCUT2D eigenvalue weighted by molar-refractivity contribution is 5.92. The standard InChI is InChI=1S/C16H24F2N2O3/c1-10(2)14(21)16(3,4)9-20-15(22)12-7-11(5-6-19-12)23-8-13(17)18/h5-7,10,13-14,21H,8-9H2,1-4H3,(H,20,22). The summed E-state index contributed by atoms with van der Waals surface area (Å²) in [6, 6.07) is 2.72. The largest absolute Gasteiger partial charge is 0.488 e. The van der Waals surface area contributed by atoms with E-state index in [0.29, 0.717) is 0 Å². The van der Waals surface area contributed by atoms with Gasteiger partial charge in [-0.2, -0.15) is 0 Å². The first-order chi connectivity index (χ1) is 10.6. The van der Waals surface area contributed by atoms with Gasteiger partial charge in [-0.1, -0.05) is 27.7 Å². The zero-order chi connectivity index (χ0) is 17.6. The number of aromatic nitrogens is 1. The quantitative estimate of drug-likeness (QED) is 0.768. The third-order valence-electron chi connectivity index (χ3n) is 3.48. The minimum Gasteiger partial charge on any atom is -0.488 e. The van der Waals surface area contributed by atoms with Crippen molar-refractivity contribution in [1.29, 1.82) is 0 Å². The van der Waals surface area contributed by atoms with Crippen LogP contribution in [-0.2, 0) is 0 Å². The number of amides is 1. The molecule has 1 heterocycles. The zero-order valence-corrected chi connectivity index (χ0v) is 13.8. The van der Waals surface area contributed by atoms with Crippen LogP contribution in [0.2, 0.25) is 0 Å². The second-order valence-electron chi connectivity index (χ2n) is 6.44. The third-order valence-corrected chi connectivity index (χ3v) is 3.48. The van der Waals surface area contributed by atoms with Gasteiger partial charge in [0.2, 0.25) is 0 Å². The number of aliphatic hydroxyl groups excluding tert-OH is 1. The van der Waals surface area contributed by atoms with Crippen molar-refractivity contribution in [3.05, 3.63) is 24.0 Å². The van der Waals surface area contributed by atoms with Crippen molar-refractivity contribution in [2.24, 2.45) is 11.3 Å². The Balaban J connectivity index is 2.66. The van der Waals surface area contributed by atoms with Crippen LogP contribution in [0, 0.1) is 11.3 Å². The fourth-order valence-electron chi connectivity index (χ4n) is 2.19. The van der Waals surface area contributed by atoms with Crippen molar-refractivity contribution in [2.45, 2.75) is 40.2 Å². The predicted molar refractivity (Wildman–Crippen MR) is 82.7 cm³/mol. The summed E-state index contributed by atoms with van der Waals surface area (Å²) < 4.78 is 29.1. The molecule has 0 aliphatic carbocycles. The number of halogens is 2. The van der Waals surface area contributed by atoms with Gasteiger partial charge in [0, 0.05) is 24.2 Å². The molecular weight excluding hydrogens is 306 g/mol. The van der Waals surface area contributed by atoms with Gasteiger partial charge in [-0.05, 0) is 12.0 Å². The summed E-state index contributed by atoms with van der Waals surface area (Å²) in [7, 11) is 0. The molecule has 7 heteroatoms. The fraction of sp³-hybridized carbons (Fsp3) is 0.625. The Labute approximate surface area is 135 Å². The highest BCUT2D eigenvalue weighted by Crippen LogP contribution is 2.25. The number of nitrogens with zero attached hydrogens (tertiary/aromatic N) is 1. The molecule has 2 N–H and O–H groups in total. The number of hydrogen-bond acceptors (Lipinski definition) is 4. The molecule has 0 aliphatic rings. The number of carbonyl (C=O) groups excluding carboxylic acids is 1. The van der Waals surface area contributed by atoms with E-state index in [1.807, 2.05) is 27.7 Å². The number of alkyl halides is 2. The van der Waals surface area contributed by atoms with E-state index in [1.54, 1.807) is 0 Å². The van der Waals surface area contributed by atoms with Gasteiger partial charge in [0.25, 0.3) is 12.3 Å². The lowest BCUT2D eigenvalue weighted by Gasteiger charge is -2.33. The van der Waals surface area contributed by atoms with E-state index in [4.69, 9.17) is 4.74 Å². The average molecular weight is 330 g/mol. The molecule has 0 saturated heterocycles. The van der Waals surface area contributed by atoms with Crippen molar-refractivity contribution >= 4 is 5.91 Å². The summed E-state index contributed by atoms with van der Waals surface area (Å²) in [6.45, 7) is 7.04. The van der Waals surface area contributed by atoms with Crippen LogP contribution in [0.4, 0.5) is 8.78 Å². The molecule has 130 valence electrons. The van der Waals surface area contributed by atoms with Gasteiger partial charge >= 0.3 is 0 Å². The lowest BCUT2D eigenvalue weighted by atomic mass is 9.80. The van der Waals surface area contributed by atoms with Gasteiger partial charge in [-0.25, -0.2) is 8.78 Å². The molecule has 1 aromatic heterocycles. The van der Waals surface area contributed by atoms with Crippen molar-refractivity contribution in [1.82, 2.24) is 10.3 Å². The van der Waals surface area contributed by atoms with Crippen LogP contribution in [0.5, 0.6) is 5.75 Å². The van der Waals surface area contributed by atoms with Gasteiger partial charge in [-0.15, -0.1) is 0 Å². The molecule has 1 rings (SSSR count). The maximum absolute atomic E-state index is 12.1. The summed E-state index contributed by atoms with van der Waals surface area (Å²) in [5, 5.41) is 12.8. The molecule has 1 aromatic rings. The van der Waals surface area contributed by atoms with Gasteiger partial charge in [-0.3, -0.25) is 9.78 Å². The molecule has 1 amide bonds. The summed E-state index contributed by atoms with van der Waals surface area (Å²) in [4.78, 5) is 16.0. The Morgan fingerprint density at radius 1 is 1.43 bits per heavy atom. The molecule has 0 radical (unpaired) electrons. The number of rotatable bonds is 8. The molecule has 0 aliphatic heterocycles. The van der Waals surface area contributed by atoms with Gasteiger partial charge < -0.3 is 15.2 Å². The number of carbonyl (C=O) groups is 1. The fourth-order valence-corrected chi connectivity index (χ4v) is 2.19. The van der Waals surface area contributed by atoms with Crippen LogP contribution in [0.1, 0.15) is 38.2 Å². The van der Waals surface area contributed by atoms with Crippen molar-refractivity contribution in [3.63, 3.8) is 0 Å². The molecule has 23 heavy (non-hydrogen) atoms. The summed E-state index contributed by atoms with van der Waals surface area (Å²) in [5.41, 5.74) is -0.431. The smallest absolute Gasteiger partial charge is 0.272 e. The third kappa shape index (κ3) is 6.09. The second kappa shape index (κ2) is 8.19. The first kappa shape index (κ1) is 19.3. The molecular formula is C16H24F2N2O3. The Kier molecular flexibility index (Phi) is 6.87. The van der Waals surface area contributed by atoms with Crippen molar-refractivity contribution in [3.8, 4) is 5.75 Å². The zero-order valence-electron chi connectivity index (χ0n) is 13.8. The number of pyridine rings is 1. The Morgan fingerprint density at radius 2 is 2.09 bits per heavy atom. The van der Waals surface area contributed by atoms with E-state index < -0.39 is 30.5 Å². The minimum absolute atomic E-state index is 0.0612. The maximum Gasteiger partial charge on any atom is 0.272 e. The summed E-state index contributed by atoms with van der Waals surface area (Å²) >= 11 is 0. The normalized spacial score (nSPS) is 13.3. The van der Waals surface area contributed by atoms with Crippen molar-refractivity contribution in [2.75, 3.05) is 13.2 Å². The van der Waals surface area contributed by atoms with Gasteiger partial charge in [0.05, 0.1) is 6.10 Å². The molecule has 1 unspecified atom stereocenters. The van der Waals surface area contributed by atoms with E-state index in [2.05, 4.69) is 10.3 Å². The molecule has 5 nitrogen and oxygen atoms in total. The van der Waals surface area contributed by atoms with E-state index in [1.165, 1.54) is 18.3 Å². The van der Waals surface area contributed by atoms with Crippen LogP contribution >= 0.6 is 0 Å². The highest BCUT2D eigenvalue weighted by Gasteiger charge is 2.30. The molecule has 0 bridgehead atoms. The van der Waals surface area contributed by atoms with Crippen LogP contribution in [0.25, 0.3) is 0 Å². The van der Waals surface area contributed by atoms with E-state index >= 15 is 0 Å². The summed E-state index contributed by atoms with van der Waals surface area (Å²) in [5.74, 6) is -0.227. The Bertz CT molecular complexity index is 522. The number of nitrogens with one attached hydrogen (secondary N) is 1. The van der Waals surface area contributed by atoms with Crippen LogP contribution in [0.3, 0.4) is 0 Å². The molecule has 0 saturated carbocycles. The lowest BCUT2D eigenvalue weighted by Crippen LogP contribution is -2.43. The second-order valence-corrected chi connectivity index (χ2v) is 6.44. The predicted octanol–water partition coefficient (Wildman–Crippen LogP) is 2.50. The number of aliphatic hydroxyl groups is 1. The van der Waals surface area contributed by atoms with E-state index in [9.17, 15) is 18.7 Å².